The van der Waals surface area contributed by atoms with Gasteiger partial charge in [-0.25, -0.2) is 4.98 Å². The van der Waals surface area contributed by atoms with Crippen LogP contribution in [-0.4, -0.2) is 41.4 Å². The molecule has 2 rings (SSSR count). The fourth-order valence-corrected chi connectivity index (χ4v) is 1.62. The Balaban J connectivity index is 1.83. The zero-order valence-corrected chi connectivity index (χ0v) is 12.2. The third-order valence-corrected chi connectivity index (χ3v) is 2.88. The Labute approximate surface area is 124 Å². The Morgan fingerprint density at radius 2 is 2.00 bits per heavy atom. The second-order valence-corrected chi connectivity index (χ2v) is 4.75. The minimum Gasteiger partial charge on any atom is -0.375 e. The van der Waals surface area contributed by atoms with Crippen molar-refractivity contribution in [3.8, 4) is 0 Å². The molecule has 0 aliphatic heterocycles. The van der Waals surface area contributed by atoms with Gasteiger partial charge in [-0.15, -0.1) is 0 Å². The number of hydrogen-bond donors (Lipinski definition) is 2. The molecule has 0 aliphatic carbocycles. The Hall–Kier alpha value is -2.63. The maximum atomic E-state index is 11.5. The first-order valence-corrected chi connectivity index (χ1v) is 6.69. The predicted octanol–water partition coefficient (Wildman–Crippen LogP) is 1.59. The molecule has 0 radical (unpaired) electrons. The molecule has 110 valence electrons. The van der Waals surface area contributed by atoms with Gasteiger partial charge in [0.15, 0.2) is 0 Å². The predicted molar refractivity (Wildman–Crippen MR) is 83.0 cm³/mol. The monoisotopic (exact) mass is 285 g/mol. The number of hydrogen-bond acceptors (Lipinski definition) is 5. The highest BCUT2D eigenvalue weighted by atomic mass is 16.2. The van der Waals surface area contributed by atoms with Crippen LogP contribution in [0.15, 0.2) is 42.7 Å². The zero-order chi connectivity index (χ0) is 15.1. The molecule has 21 heavy (non-hydrogen) atoms. The van der Waals surface area contributed by atoms with E-state index in [0.29, 0.717) is 6.54 Å². The van der Waals surface area contributed by atoms with Crippen molar-refractivity contribution in [2.24, 2.45) is 0 Å². The summed E-state index contributed by atoms with van der Waals surface area (Å²) < 4.78 is 0. The van der Waals surface area contributed by atoms with Gasteiger partial charge in [-0.1, -0.05) is 6.07 Å². The number of nitrogens with zero attached hydrogens (tertiary/aromatic N) is 3. The first kappa shape index (κ1) is 14.8. The molecule has 6 nitrogen and oxygen atoms in total. The van der Waals surface area contributed by atoms with Gasteiger partial charge in [-0.2, -0.15) is 0 Å². The molecule has 2 aromatic heterocycles. The van der Waals surface area contributed by atoms with Gasteiger partial charge >= 0.3 is 0 Å². The molecule has 0 aliphatic rings. The molecule has 2 N–H and O–H groups in total. The lowest BCUT2D eigenvalue weighted by Crippen LogP contribution is -2.28. The number of carbonyl (C=O) groups is 1. The molecule has 0 bridgehead atoms. The van der Waals surface area contributed by atoms with E-state index in [2.05, 4.69) is 20.6 Å². The molecule has 0 unspecified atom stereocenters. The topological polar surface area (TPSA) is 70.2 Å². The summed E-state index contributed by atoms with van der Waals surface area (Å²) in [5, 5.41) is 6.23. The average molecular weight is 285 g/mol. The van der Waals surface area contributed by atoms with Crippen LogP contribution in [0.25, 0.3) is 0 Å². The SMILES string of the molecule is CN(C)C(=O)CNc1ccc(NCc2ccccn2)nc1. The number of aromatic nitrogens is 2. The third-order valence-electron chi connectivity index (χ3n) is 2.88. The van der Waals surface area contributed by atoms with Crippen LogP contribution in [0.1, 0.15) is 5.69 Å². The molecule has 1 amide bonds. The Kier molecular flexibility index (Phi) is 5.09. The highest BCUT2D eigenvalue weighted by Crippen LogP contribution is 2.10. The van der Waals surface area contributed by atoms with Crippen LogP contribution >= 0.6 is 0 Å². The Morgan fingerprint density at radius 3 is 2.62 bits per heavy atom. The van der Waals surface area contributed by atoms with Gasteiger partial charge in [-0.05, 0) is 24.3 Å². The second-order valence-electron chi connectivity index (χ2n) is 4.75. The molecule has 0 saturated carbocycles. The van der Waals surface area contributed by atoms with Crippen LogP contribution in [0, 0.1) is 0 Å². The van der Waals surface area contributed by atoms with Gasteiger partial charge in [0.2, 0.25) is 5.91 Å². The quantitative estimate of drug-likeness (QED) is 0.843. The van der Waals surface area contributed by atoms with Crippen molar-refractivity contribution in [2.75, 3.05) is 31.3 Å². The summed E-state index contributed by atoms with van der Waals surface area (Å²) in [6.45, 7) is 0.884. The maximum absolute atomic E-state index is 11.5. The lowest BCUT2D eigenvalue weighted by atomic mass is 10.3. The van der Waals surface area contributed by atoms with E-state index < -0.39 is 0 Å². The summed E-state index contributed by atoms with van der Waals surface area (Å²) in [6.07, 6.45) is 3.46. The van der Waals surface area contributed by atoms with Gasteiger partial charge in [0.25, 0.3) is 0 Å². The highest BCUT2D eigenvalue weighted by molar-refractivity contribution is 5.80. The number of nitrogens with one attached hydrogen (secondary N) is 2. The molecule has 0 fully saturated rings. The van der Waals surface area contributed by atoms with Crippen LogP contribution in [0.4, 0.5) is 11.5 Å². The van der Waals surface area contributed by atoms with Crippen LogP contribution < -0.4 is 10.6 Å². The summed E-state index contributed by atoms with van der Waals surface area (Å²) in [6, 6.07) is 9.54. The van der Waals surface area contributed by atoms with Gasteiger partial charge in [0.05, 0.1) is 30.7 Å². The molecule has 2 heterocycles. The van der Waals surface area contributed by atoms with Crippen LogP contribution in [-0.2, 0) is 11.3 Å². The van der Waals surface area contributed by atoms with Crippen molar-refractivity contribution in [3.63, 3.8) is 0 Å². The number of pyridine rings is 2. The number of rotatable bonds is 6. The van der Waals surface area contributed by atoms with Gasteiger partial charge < -0.3 is 15.5 Å². The van der Waals surface area contributed by atoms with Crippen LogP contribution in [0.3, 0.4) is 0 Å². The summed E-state index contributed by atoms with van der Waals surface area (Å²) in [7, 11) is 3.46. The Bertz CT molecular complexity index is 568. The van der Waals surface area contributed by atoms with Crippen molar-refractivity contribution in [1.29, 1.82) is 0 Å². The fourth-order valence-electron chi connectivity index (χ4n) is 1.62. The second kappa shape index (κ2) is 7.23. The molecule has 0 spiro atoms. The van der Waals surface area contributed by atoms with Gasteiger partial charge in [0.1, 0.15) is 5.82 Å². The van der Waals surface area contributed by atoms with E-state index in [1.807, 2.05) is 30.3 Å². The average Bonchev–Trinajstić information content (AvgIpc) is 2.52. The number of likely N-dealkylation sites (N-methyl/N-ethyl adjacent to an activating group) is 1. The van der Waals surface area contributed by atoms with E-state index in [1.54, 1.807) is 31.4 Å². The van der Waals surface area contributed by atoms with Crippen LogP contribution in [0.5, 0.6) is 0 Å². The summed E-state index contributed by atoms with van der Waals surface area (Å²) in [5.41, 5.74) is 1.77. The summed E-state index contributed by atoms with van der Waals surface area (Å²) in [5.74, 6) is 0.789. The first-order chi connectivity index (χ1) is 10.1. The molecule has 0 atom stereocenters. The number of anilines is 2. The molecule has 0 aromatic carbocycles. The van der Waals surface area contributed by atoms with Crippen LogP contribution in [0.2, 0.25) is 0 Å². The minimum atomic E-state index is 0.0207. The van der Waals surface area contributed by atoms with E-state index in [9.17, 15) is 4.79 Å². The zero-order valence-electron chi connectivity index (χ0n) is 12.2. The molecule has 2 aromatic rings. The van der Waals surface area contributed by atoms with E-state index in [-0.39, 0.29) is 12.5 Å². The summed E-state index contributed by atoms with van der Waals surface area (Å²) >= 11 is 0. The van der Waals surface area contributed by atoms with E-state index in [4.69, 9.17) is 0 Å². The largest absolute Gasteiger partial charge is 0.375 e. The minimum absolute atomic E-state index is 0.0207. The number of amides is 1. The molecular weight excluding hydrogens is 266 g/mol. The van der Waals surface area contributed by atoms with E-state index in [1.165, 1.54) is 0 Å². The van der Waals surface area contributed by atoms with Crippen molar-refractivity contribution in [1.82, 2.24) is 14.9 Å². The standard InChI is InChI=1S/C15H19N5O/c1-20(2)15(21)11-17-13-6-7-14(19-10-13)18-9-12-5-3-4-8-16-12/h3-8,10,17H,9,11H2,1-2H3,(H,18,19). The Morgan fingerprint density at radius 1 is 1.14 bits per heavy atom. The fraction of sp³-hybridized carbons (Fsp3) is 0.267. The highest BCUT2D eigenvalue weighted by Gasteiger charge is 2.03. The van der Waals surface area contributed by atoms with Gasteiger partial charge in [0, 0.05) is 20.3 Å². The normalized spacial score (nSPS) is 10.0. The third kappa shape index (κ3) is 4.76. The lowest BCUT2D eigenvalue weighted by molar-refractivity contribution is -0.126. The van der Waals surface area contributed by atoms with Crippen molar-refractivity contribution in [2.45, 2.75) is 6.54 Å². The van der Waals surface area contributed by atoms with Crippen molar-refractivity contribution >= 4 is 17.4 Å². The van der Waals surface area contributed by atoms with E-state index in [0.717, 1.165) is 17.2 Å². The summed E-state index contributed by atoms with van der Waals surface area (Å²) in [4.78, 5) is 21.5. The van der Waals surface area contributed by atoms with Crippen molar-refractivity contribution in [3.05, 3.63) is 48.4 Å². The van der Waals surface area contributed by atoms with E-state index >= 15 is 0 Å². The molecule has 6 heteroatoms. The first-order valence-electron chi connectivity index (χ1n) is 6.69. The van der Waals surface area contributed by atoms with Gasteiger partial charge in [-0.3, -0.25) is 9.78 Å². The lowest BCUT2D eigenvalue weighted by Gasteiger charge is -2.12. The molecular formula is C15H19N5O. The van der Waals surface area contributed by atoms with Crippen molar-refractivity contribution < 1.29 is 4.79 Å². The smallest absolute Gasteiger partial charge is 0.241 e. The molecule has 0 saturated heterocycles. The number of carbonyl (C=O) groups excluding carboxylic acids is 1. The maximum Gasteiger partial charge on any atom is 0.241 e.